The van der Waals surface area contributed by atoms with Crippen molar-refractivity contribution in [3.63, 3.8) is 0 Å². The number of anilines is 1. The van der Waals surface area contributed by atoms with E-state index in [0.29, 0.717) is 11.4 Å². The van der Waals surface area contributed by atoms with Crippen LogP contribution >= 0.6 is 11.6 Å². The number of rotatable bonds is 7. The zero-order valence-corrected chi connectivity index (χ0v) is 14.6. The molecule has 0 saturated carbocycles. The molecule has 0 aliphatic carbocycles. The minimum atomic E-state index is -1.19. The summed E-state index contributed by atoms with van der Waals surface area (Å²) in [5.74, 6) is -0.159. The first-order valence-electron chi connectivity index (χ1n) is 7.85. The van der Waals surface area contributed by atoms with E-state index in [1.54, 1.807) is 39.0 Å². The lowest BCUT2D eigenvalue weighted by molar-refractivity contribution is -0.123. The van der Waals surface area contributed by atoms with Crippen LogP contribution in [0.2, 0.25) is 0 Å². The van der Waals surface area contributed by atoms with Crippen molar-refractivity contribution in [1.29, 1.82) is 0 Å². The van der Waals surface area contributed by atoms with Crippen LogP contribution in [0.15, 0.2) is 24.3 Å². The normalized spacial score (nSPS) is 20.2. The minimum Gasteiger partial charge on any atom is -0.490 e. The number of benzene rings is 1. The summed E-state index contributed by atoms with van der Waals surface area (Å²) in [6.07, 6.45) is -2.50. The van der Waals surface area contributed by atoms with Gasteiger partial charge in [-0.15, -0.1) is 11.6 Å². The number of cyclic esters (lactones) is 1. The number of hydrogen-bond donors (Lipinski definition) is 0. The molecule has 0 radical (unpaired) electrons. The zero-order valence-electron chi connectivity index (χ0n) is 13.9. The van der Waals surface area contributed by atoms with Crippen molar-refractivity contribution < 1.29 is 23.5 Å². The molecule has 3 unspecified atom stereocenters. The number of hydrogen-bond acceptors (Lipinski definition) is 4. The van der Waals surface area contributed by atoms with Gasteiger partial charge in [-0.2, -0.15) is 0 Å². The number of alkyl halides is 2. The van der Waals surface area contributed by atoms with Gasteiger partial charge >= 0.3 is 6.09 Å². The third-order valence-corrected chi connectivity index (χ3v) is 3.75. The van der Waals surface area contributed by atoms with E-state index < -0.39 is 24.3 Å². The van der Waals surface area contributed by atoms with Gasteiger partial charge in [0.05, 0.1) is 5.69 Å². The molecular formula is C17H21ClFNO4. The van der Waals surface area contributed by atoms with Gasteiger partial charge in [0.25, 0.3) is 5.91 Å². The summed E-state index contributed by atoms with van der Waals surface area (Å²) in [5, 5.41) is -0.278. The maximum absolute atomic E-state index is 13.7. The molecular weight excluding hydrogens is 337 g/mol. The number of ether oxygens (including phenoxy) is 2. The first-order chi connectivity index (χ1) is 11.3. The lowest BCUT2D eigenvalue weighted by Crippen LogP contribution is -2.33. The maximum atomic E-state index is 13.7. The van der Waals surface area contributed by atoms with Crippen molar-refractivity contribution in [2.75, 3.05) is 11.5 Å². The molecule has 7 heteroatoms. The smallest absolute Gasteiger partial charge is 0.422 e. The lowest BCUT2D eigenvalue weighted by atomic mass is 10.1. The number of imide groups is 1. The molecule has 1 saturated heterocycles. The van der Waals surface area contributed by atoms with Crippen molar-refractivity contribution in [2.45, 2.75) is 44.8 Å². The Kier molecular flexibility index (Phi) is 6.04. The predicted molar refractivity (Wildman–Crippen MR) is 89.4 cm³/mol. The van der Waals surface area contributed by atoms with Crippen LogP contribution in [0.25, 0.3) is 0 Å². The van der Waals surface area contributed by atoms with Gasteiger partial charge in [-0.1, -0.05) is 19.9 Å². The van der Waals surface area contributed by atoms with Crippen LogP contribution in [-0.4, -0.2) is 36.3 Å². The summed E-state index contributed by atoms with van der Waals surface area (Å²) in [7, 11) is 0. The van der Waals surface area contributed by atoms with E-state index in [2.05, 4.69) is 0 Å². The van der Waals surface area contributed by atoms with Crippen molar-refractivity contribution in [3.8, 4) is 5.75 Å². The molecule has 2 rings (SSSR count). The highest BCUT2D eigenvalue weighted by Gasteiger charge is 2.43. The molecule has 1 aliphatic heterocycles. The fourth-order valence-electron chi connectivity index (χ4n) is 2.40. The Labute approximate surface area is 145 Å². The van der Waals surface area contributed by atoms with Crippen LogP contribution in [0.4, 0.5) is 14.9 Å². The Hall–Kier alpha value is -1.82. The van der Waals surface area contributed by atoms with Crippen molar-refractivity contribution in [3.05, 3.63) is 24.3 Å². The molecule has 5 nitrogen and oxygen atoms in total. The number of nitrogens with zero attached hydrogens (tertiary/aromatic N) is 1. The van der Waals surface area contributed by atoms with Gasteiger partial charge in [0, 0.05) is 11.4 Å². The first kappa shape index (κ1) is 18.5. The van der Waals surface area contributed by atoms with Gasteiger partial charge in [-0.3, -0.25) is 4.79 Å². The Morgan fingerprint density at radius 1 is 1.33 bits per heavy atom. The highest BCUT2D eigenvalue weighted by atomic mass is 35.5. The highest BCUT2D eigenvalue weighted by molar-refractivity contribution is 6.20. The van der Waals surface area contributed by atoms with Crippen LogP contribution in [0, 0.1) is 5.92 Å². The first-order valence-corrected chi connectivity index (χ1v) is 8.28. The number of halogens is 2. The van der Waals surface area contributed by atoms with Crippen LogP contribution in [0.1, 0.15) is 27.2 Å². The van der Waals surface area contributed by atoms with E-state index in [9.17, 15) is 14.0 Å². The Bertz CT molecular complexity index is 608. The van der Waals surface area contributed by atoms with E-state index in [-0.39, 0.29) is 24.3 Å². The van der Waals surface area contributed by atoms with E-state index in [1.165, 1.54) is 6.07 Å². The number of amides is 2. The molecule has 1 aromatic rings. The molecule has 132 valence electrons. The molecule has 1 heterocycles. The standard InChI is InChI=1S/C17H21ClFNO4/c1-10(2)15-16(21)20(17(22)24-15)13-5-4-6-14(8-13)23-9-12(19)7-11(3)18/h4-6,8,10-12,15H,7,9H2,1-3H3. The molecule has 0 N–H and O–H groups in total. The molecule has 0 bridgehead atoms. The third kappa shape index (κ3) is 4.38. The molecule has 0 aromatic heterocycles. The predicted octanol–water partition coefficient (Wildman–Crippen LogP) is 3.93. The van der Waals surface area contributed by atoms with Crippen LogP contribution in [0.3, 0.4) is 0 Å². The molecule has 1 aromatic carbocycles. The van der Waals surface area contributed by atoms with E-state index >= 15 is 0 Å². The van der Waals surface area contributed by atoms with Crippen molar-refractivity contribution >= 4 is 29.3 Å². The average Bonchev–Trinajstić information content (AvgIpc) is 2.80. The second-order valence-corrected chi connectivity index (χ2v) is 6.89. The highest BCUT2D eigenvalue weighted by Crippen LogP contribution is 2.28. The molecule has 2 amide bonds. The number of carbonyl (C=O) groups is 2. The minimum absolute atomic E-state index is 0.115. The second kappa shape index (κ2) is 7.83. The fourth-order valence-corrected chi connectivity index (χ4v) is 2.60. The summed E-state index contributed by atoms with van der Waals surface area (Å²) in [5.41, 5.74) is 0.340. The van der Waals surface area contributed by atoms with Gasteiger partial charge in [-0.05, 0) is 31.4 Å². The Morgan fingerprint density at radius 2 is 2.04 bits per heavy atom. The monoisotopic (exact) mass is 357 g/mol. The maximum Gasteiger partial charge on any atom is 0.422 e. The zero-order chi connectivity index (χ0) is 17.9. The number of carbonyl (C=O) groups excluding carboxylic acids is 2. The van der Waals surface area contributed by atoms with E-state index in [1.807, 2.05) is 0 Å². The van der Waals surface area contributed by atoms with Gasteiger partial charge in [-0.25, -0.2) is 14.1 Å². The summed E-state index contributed by atoms with van der Waals surface area (Å²) in [6, 6.07) is 6.37. The fraction of sp³-hybridized carbons (Fsp3) is 0.529. The van der Waals surface area contributed by atoms with Crippen LogP contribution in [-0.2, 0) is 9.53 Å². The van der Waals surface area contributed by atoms with E-state index in [4.69, 9.17) is 21.1 Å². The molecule has 1 fully saturated rings. The Morgan fingerprint density at radius 3 is 2.62 bits per heavy atom. The van der Waals surface area contributed by atoms with Crippen molar-refractivity contribution in [2.24, 2.45) is 5.92 Å². The Balaban J connectivity index is 2.07. The van der Waals surface area contributed by atoms with Gasteiger partial charge in [0.15, 0.2) is 6.10 Å². The van der Waals surface area contributed by atoms with Crippen LogP contribution in [0.5, 0.6) is 5.75 Å². The molecule has 24 heavy (non-hydrogen) atoms. The molecule has 0 spiro atoms. The molecule has 3 atom stereocenters. The molecule has 1 aliphatic rings. The average molecular weight is 358 g/mol. The summed E-state index contributed by atoms with van der Waals surface area (Å²) in [4.78, 5) is 25.3. The van der Waals surface area contributed by atoms with Crippen LogP contribution < -0.4 is 9.64 Å². The summed E-state index contributed by atoms with van der Waals surface area (Å²) >= 11 is 5.75. The topological polar surface area (TPSA) is 55.8 Å². The largest absolute Gasteiger partial charge is 0.490 e. The second-order valence-electron chi connectivity index (χ2n) is 6.14. The van der Waals surface area contributed by atoms with Crippen molar-refractivity contribution in [1.82, 2.24) is 0 Å². The van der Waals surface area contributed by atoms with Gasteiger partial charge in [0.2, 0.25) is 0 Å². The third-order valence-electron chi connectivity index (χ3n) is 3.57. The van der Waals surface area contributed by atoms with E-state index in [0.717, 1.165) is 4.90 Å². The van der Waals surface area contributed by atoms with Gasteiger partial charge < -0.3 is 9.47 Å². The van der Waals surface area contributed by atoms with Gasteiger partial charge in [0.1, 0.15) is 18.5 Å². The lowest BCUT2D eigenvalue weighted by Gasteiger charge is -2.15. The summed E-state index contributed by atoms with van der Waals surface area (Å²) in [6.45, 7) is 5.17. The SMILES string of the molecule is CC(Cl)CC(F)COc1cccc(N2C(=O)OC(C(C)C)C2=O)c1. The summed E-state index contributed by atoms with van der Waals surface area (Å²) < 4.78 is 24.2. The quantitative estimate of drug-likeness (QED) is 0.694.